The van der Waals surface area contributed by atoms with E-state index >= 15 is 0 Å². The first-order valence-electron chi connectivity index (χ1n) is 8.12. The molecular formula is C12H8Br2O2S. The first kappa shape index (κ1) is 5.99. The summed E-state index contributed by atoms with van der Waals surface area (Å²) in [5.74, 6) is 0. The molecule has 17 heavy (non-hydrogen) atoms. The van der Waals surface area contributed by atoms with Crippen molar-refractivity contribution in [3.63, 3.8) is 0 Å². The van der Waals surface area contributed by atoms with Crippen LogP contribution in [0.25, 0.3) is 0 Å². The molecule has 0 saturated carbocycles. The Morgan fingerprint density at radius 1 is 0.765 bits per heavy atom. The van der Waals surface area contributed by atoms with Gasteiger partial charge in [0.2, 0.25) is 9.84 Å². The van der Waals surface area contributed by atoms with Gasteiger partial charge in [0, 0.05) is 8.95 Å². The minimum absolute atomic E-state index is 0.225. The Morgan fingerprint density at radius 2 is 1.06 bits per heavy atom. The lowest BCUT2D eigenvalue weighted by Gasteiger charge is -2.04. The van der Waals surface area contributed by atoms with Crippen LogP contribution in [0.1, 0.15) is 11.0 Å². The third-order valence-electron chi connectivity index (χ3n) is 1.68. The van der Waals surface area contributed by atoms with E-state index in [1.165, 1.54) is 0 Å². The van der Waals surface area contributed by atoms with Gasteiger partial charge in [-0.25, -0.2) is 8.42 Å². The predicted octanol–water partition coefficient (Wildman–Crippen LogP) is 4.04. The van der Waals surface area contributed by atoms with E-state index in [-0.39, 0.29) is 8.95 Å². The van der Waals surface area contributed by atoms with Crippen molar-refractivity contribution in [3.05, 3.63) is 57.3 Å². The van der Waals surface area contributed by atoms with Crippen LogP contribution in [0.15, 0.2) is 67.1 Å². The van der Waals surface area contributed by atoms with E-state index in [0.717, 1.165) is 0 Å². The third-order valence-corrected chi connectivity index (χ3v) is 3.96. The molecule has 2 aromatic carbocycles. The van der Waals surface area contributed by atoms with Crippen LogP contribution in [-0.2, 0) is 9.84 Å². The van der Waals surface area contributed by atoms with Crippen LogP contribution in [0.4, 0.5) is 0 Å². The average Bonchev–Trinajstić information content (AvgIpc) is 2.54. The highest BCUT2D eigenvalue weighted by molar-refractivity contribution is 9.10. The molecule has 0 aliphatic rings. The quantitative estimate of drug-likeness (QED) is 0.783. The molecule has 0 amide bonds. The van der Waals surface area contributed by atoms with Crippen LogP contribution >= 0.6 is 31.9 Å². The molecule has 0 N–H and O–H groups in total. The normalized spacial score (nSPS) is 18.0. The summed E-state index contributed by atoms with van der Waals surface area (Å²) >= 11 is 5.70. The molecule has 0 fully saturated rings. The molecule has 0 spiro atoms. The number of hydrogen-bond donors (Lipinski definition) is 0. The summed E-state index contributed by atoms with van der Waals surface area (Å²) in [7, 11) is -4.86. The van der Waals surface area contributed by atoms with E-state index < -0.39 is 68.0 Å². The summed E-state index contributed by atoms with van der Waals surface area (Å²) in [4.78, 5) is -2.01. The van der Waals surface area contributed by atoms with Gasteiger partial charge >= 0.3 is 0 Å². The molecule has 88 valence electrons. The van der Waals surface area contributed by atoms with Crippen molar-refractivity contribution in [2.45, 2.75) is 9.79 Å². The summed E-state index contributed by atoms with van der Waals surface area (Å²) in [5, 5.41) is 0. The van der Waals surface area contributed by atoms with Crippen molar-refractivity contribution >= 4 is 41.7 Å². The fourth-order valence-corrected chi connectivity index (χ4v) is 2.28. The molecule has 0 bridgehead atoms. The molecule has 0 radical (unpaired) electrons. The predicted molar refractivity (Wildman–Crippen MR) is 73.7 cm³/mol. The van der Waals surface area contributed by atoms with Crippen LogP contribution in [-0.4, -0.2) is 8.42 Å². The summed E-state index contributed by atoms with van der Waals surface area (Å²) in [6.45, 7) is 0. The van der Waals surface area contributed by atoms with Crippen LogP contribution < -0.4 is 0 Å². The van der Waals surface area contributed by atoms with Gasteiger partial charge in [-0.2, -0.15) is 0 Å². The fourth-order valence-electron chi connectivity index (χ4n) is 0.942. The molecule has 5 heteroatoms. The first-order valence-corrected chi connectivity index (χ1v) is 7.19. The number of benzene rings is 2. The Morgan fingerprint density at radius 3 is 1.35 bits per heavy atom. The van der Waals surface area contributed by atoms with E-state index in [4.69, 9.17) is 11.0 Å². The van der Waals surface area contributed by atoms with Gasteiger partial charge in [0.15, 0.2) is 0 Å². The summed E-state index contributed by atoms with van der Waals surface area (Å²) in [6.07, 6.45) is 0. The van der Waals surface area contributed by atoms with Crippen molar-refractivity contribution < 1.29 is 19.4 Å². The lowest BCUT2D eigenvalue weighted by molar-refractivity contribution is 0.596. The van der Waals surface area contributed by atoms with Crippen LogP contribution in [0.3, 0.4) is 0 Å². The zero-order chi connectivity index (χ0) is 19.4. The molecule has 0 saturated heterocycles. The Labute approximate surface area is 128 Å². The second kappa shape index (κ2) is 4.92. The molecule has 0 aliphatic heterocycles. The van der Waals surface area contributed by atoms with Crippen molar-refractivity contribution in [2.24, 2.45) is 0 Å². The van der Waals surface area contributed by atoms with Gasteiger partial charge in [-0.05, 0) is 48.3 Å². The van der Waals surface area contributed by atoms with Crippen molar-refractivity contribution in [1.29, 1.82) is 0 Å². The van der Waals surface area contributed by atoms with Crippen molar-refractivity contribution in [1.82, 2.24) is 0 Å². The van der Waals surface area contributed by atoms with E-state index in [9.17, 15) is 8.42 Å². The highest BCUT2D eigenvalue weighted by Gasteiger charge is 2.16. The van der Waals surface area contributed by atoms with Gasteiger partial charge in [-0.1, -0.05) is 31.9 Å². The van der Waals surface area contributed by atoms with Crippen molar-refractivity contribution in [2.75, 3.05) is 0 Å². The average molecular weight is 384 g/mol. The van der Waals surface area contributed by atoms with Gasteiger partial charge in [-0.3, -0.25) is 0 Å². The number of hydrogen-bond acceptors (Lipinski definition) is 2. The van der Waals surface area contributed by atoms with E-state index in [0.29, 0.717) is 0 Å². The maximum atomic E-state index is 12.9. The molecule has 2 nitrogen and oxygen atoms in total. The standard InChI is InChI=1S/C12H8Br2O2S/c13-9-1-5-11(6-2-9)17(15,16)12-7-3-10(14)4-8-12/h1-8H/i1D,2D,3D,4D,5D,6D,7D,8D. The van der Waals surface area contributed by atoms with E-state index in [1.54, 1.807) is 0 Å². The summed E-state index contributed by atoms with van der Waals surface area (Å²) in [6, 6.07) is -6.00. The summed E-state index contributed by atoms with van der Waals surface area (Å²) in [5.41, 5.74) is 0. The van der Waals surface area contributed by atoms with Gasteiger partial charge in [0.25, 0.3) is 0 Å². The second-order valence-corrected chi connectivity index (χ2v) is 6.20. The highest BCUT2D eigenvalue weighted by atomic mass is 79.9. The Kier molecular flexibility index (Phi) is 1.73. The Bertz CT molecular complexity index is 889. The molecular weight excluding hydrogens is 368 g/mol. The zero-order valence-electron chi connectivity index (χ0n) is 16.0. The van der Waals surface area contributed by atoms with Gasteiger partial charge in [-0.15, -0.1) is 0 Å². The van der Waals surface area contributed by atoms with Crippen LogP contribution in [0.5, 0.6) is 0 Å². The zero-order valence-corrected chi connectivity index (χ0v) is 12.0. The molecule has 0 aliphatic carbocycles. The van der Waals surface area contributed by atoms with Gasteiger partial charge in [0.1, 0.15) is 0 Å². The largest absolute Gasteiger partial charge is 0.219 e. The number of halogens is 2. The monoisotopic (exact) mass is 382 g/mol. The van der Waals surface area contributed by atoms with Gasteiger partial charge in [0.05, 0.1) is 20.8 Å². The van der Waals surface area contributed by atoms with Gasteiger partial charge < -0.3 is 0 Å². The Hall–Kier alpha value is -0.650. The minimum Gasteiger partial charge on any atom is -0.219 e. The molecule has 2 aromatic rings. The molecule has 0 atom stereocenters. The third kappa shape index (κ3) is 2.78. The smallest absolute Gasteiger partial charge is 0.206 e. The first-order chi connectivity index (χ1) is 11.4. The highest BCUT2D eigenvalue weighted by Crippen LogP contribution is 2.23. The molecule has 2 rings (SSSR count). The lowest BCUT2D eigenvalue weighted by Crippen LogP contribution is -2.01. The minimum atomic E-state index is -4.86. The molecule has 0 aromatic heterocycles. The molecule has 0 unspecified atom stereocenters. The number of sulfone groups is 1. The van der Waals surface area contributed by atoms with E-state index in [2.05, 4.69) is 31.9 Å². The maximum absolute atomic E-state index is 12.9. The fraction of sp³-hybridized carbons (Fsp3) is 0. The van der Waals surface area contributed by atoms with Crippen LogP contribution in [0, 0.1) is 0 Å². The van der Waals surface area contributed by atoms with E-state index in [1.807, 2.05) is 0 Å². The number of rotatable bonds is 2. The van der Waals surface area contributed by atoms with Crippen molar-refractivity contribution in [3.8, 4) is 0 Å². The maximum Gasteiger partial charge on any atom is 0.206 e. The SMILES string of the molecule is [2H]c1c([2H])c(S(=O)(=O)c2c([2H])c([2H])c(Br)c([2H])c2[2H])c([2H])c([2H])c1Br. The topological polar surface area (TPSA) is 34.1 Å². The summed E-state index contributed by atoms with van der Waals surface area (Å²) < 4.78 is 87.6. The second-order valence-electron chi connectivity index (χ2n) is 2.79. The molecule has 0 heterocycles. The Balaban J connectivity index is 3.02. The van der Waals surface area contributed by atoms with Crippen LogP contribution in [0.2, 0.25) is 0 Å². The lowest BCUT2D eigenvalue weighted by atomic mass is 10.4.